The largest absolute Gasteiger partial charge is 0.384 e. The van der Waals surface area contributed by atoms with Gasteiger partial charge in [0.1, 0.15) is 4.90 Å². The number of benzene rings is 1. The van der Waals surface area contributed by atoms with Gasteiger partial charge in [-0.1, -0.05) is 12.1 Å². The quantitative estimate of drug-likeness (QED) is 0.629. The van der Waals surface area contributed by atoms with Crippen molar-refractivity contribution in [2.45, 2.75) is 17.7 Å². The average molecular weight is 257 g/mol. The van der Waals surface area contributed by atoms with Crippen LogP contribution in [0.1, 0.15) is 12.8 Å². The maximum absolute atomic E-state index is 11.7. The molecule has 1 rings (SSSR count). The van der Waals surface area contributed by atoms with E-state index in [2.05, 4.69) is 10.0 Å². The molecule has 0 unspecified atom stereocenters. The number of sulfonamides is 1. The molecule has 0 spiro atoms. The number of nitrogens with two attached hydrogens (primary N) is 1. The monoisotopic (exact) mass is 257 g/mol. The van der Waals surface area contributed by atoms with Crippen LogP contribution in [0.2, 0.25) is 0 Å². The number of anilines is 1. The highest BCUT2D eigenvalue weighted by molar-refractivity contribution is 7.89. The number of rotatable bonds is 7. The molecule has 0 aromatic heterocycles. The third kappa shape index (κ3) is 3.99. The Morgan fingerprint density at radius 2 is 1.94 bits per heavy atom. The second-order valence-electron chi connectivity index (χ2n) is 3.63. The highest BCUT2D eigenvalue weighted by Crippen LogP contribution is 2.20. The predicted octanol–water partition coefficient (Wildman–Crippen LogP) is 0.745. The Labute approximate surface area is 102 Å². The van der Waals surface area contributed by atoms with E-state index in [0.717, 1.165) is 12.8 Å². The van der Waals surface area contributed by atoms with Crippen molar-refractivity contribution < 1.29 is 8.42 Å². The molecule has 0 saturated carbocycles. The molecule has 0 atom stereocenters. The van der Waals surface area contributed by atoms with Crippen molar-refractivity contribution in [1.82, 2.24) is 4.72 Å². The SMILES string of the molecule is CNS(=O)(=O)c1ccccc1NCCCCN. The summed E-state index contributed by atoms with van der Waals surface area (Å²) < 4.78 is 25.8. The van der Waals surface area contributed by atoms with Crippen molar-refractivity contribution in [2.24, 2.45) is 5.73 Å². The van der Waals surface area contributed by atoms with Gasteiger partial charge in [0.25, 0.3) is 0 Å². The van der Waals surface area contributed by atoms with Crippen LogP contribution in [0.4, 0.5) is 5.69 Å². The fourth-order valence-electron chi connectivity index (χ4n) is 1.45. The summed E-state index contributed by atoms with van der Waals surface area (Å²) in [7, 11) is -2.01. The highest BCUT2D eigenvalue weighted by atomic mass is 32.2. The van der Waals surface area contributed by atoms with Crippen molar-refractivity contribution in [1.29, 1.82) is 0 Å². The van der Waals surface area contributed by atoms with Gasteiger partial charge in [0.15, 0.2) is 0 Å². The summed E-state index contributed by atoms with van der Waals surface area (Å²) in [6.45, 7) is 1.37. The number of nitrogens with one attached hydrogen (secondary N) is 2. The number of hydrogen-bond acceptors (Lipinski definition) is 4. The molecule has 96 valence electrons. The standard InChI is InChI=1S/C11H19N3O2S/c1-13-17(15,16)11-7-3-2-6-10(11)14-9-5-4-8-12/h2-3,6-7,13-14H,4-5,8-9,12H2,1H3. The molecular formula is C11H19N3O2S. The summed E-state index contributed by atoms with van der Waals surface area (Å²) in [5.41, 5.74) is 6.02. The maximum Gasteiger partial charge on any atom is 0.242 e. The molecule has 5 nitrogen and oxygen atoms in total. The Hall–Kier alpha value is -1.11. The van der Waals surface area contributed by atoms with Crippen molar-refractivity contribution in [3.05, 3.63) is 24.3 Å². The zero-order valence-electron chi connectivity index (χ0n) is 9.94. The predicted molar refractivity (Wildman–Crippen MR) is 69.5 cm³/mol. The van der Waals surface area contributed by atoms with Gasteiger partial charge in [0.2, 0.25) is 10.0 Å². The molecule has 1 aromatic rings. The minimum absolute atomic E-state index is 0.273. The van der Waals surface area contributed by atoms with Crippen LogP contribution in [0.25, 0.3) is 0 Å². The molecule has 0 amide bonds. The van der Waals surface area contributed by atoms with E-state index >= 15 is 0 Å². The molecule has 0 fully saturated rings. The van der Waals surface area contributed by atoms with Gasteiger partial charge in [0.05, 0.1) is 5.69 Å². The first-order valence-corrected chi connectivity index (χ1v) is 7.06. The lowest BCUT2D eigenvalue weighted by Gasteiger charge is -2.11. The van der Waals surface area contributed by atoms with Crippen LogP contribution >= 0.6 is 0 Å². The van der Waals surface area contributed by atoms with E-state index in [9.17, 15) is 8.42 Å². The molecule has 6 heteroatoms. The normalized spacial score (nSPS) is 11.4. The van der Waals surface area contributed by atoms with Crippen LogP contribution in [0.5, 0.6) is 0 Å². The van der Waals surface area contributed by atoms with Crippen LogP contribution in [0, 0.1) is 0 Å². The molecule has 0 heterocycles. The second-order valence-corrected chi connectivity index (χ2v) is 5.48. The Bertz CT molecular complexity index is 446. The van der Waals surface area contributed by atoms with Gasteiger partial charge < -0.3 is 11.1 Å². The van der Waals surface area contributed by atoms with Gasteiger partial charge in [-0.25, -0.2) is 13.1 Å². The molecule has 0 aliphatic rings. The van der Waals surface area contributed by atoms with Crippen LogP contribution in [0.15, 0.2) is 29.2 Å². The van der Waals surface area contributed by atoms with Crippen LogP contribution in [-0.4, -0.2) is 28.6 Å². The van der Waals surface area contributed by atoms with Crippen molar-refractivity contribution in [3.63, 3.8) is 0 Å². The summed E-state index contributed by atoms with van der Waals surface area (Å²) in [6, 6.07) is 6.85. The van der Waals surface area contributed by atoms with Crippen molar-refractivity contribution in [2.75, 3.05) is 25.5 Å². The van der Waals surface area contributed by atoms with Gasteiger partial charge >= 0.3 is 0 Å². The number of hydrogen-bond donors (Lipinski definition) is 3. The van der Waals surface area contributed by atoms with Gasteiger partial charge in [-0.2, -0.15) is 0 Å². The van der Waals surface area contributed by atoms with Gasteiger partial charge in [-0.15, -0.1) is 0 Å². The zero-order chi connectivity index (χ0) is 12.7. The molecule has 0 radical (unpaired) electrons. The van der Waals surface area contributed by atoms with Gasteiger partial charge in [-0.05, 0) is 38.6 Å². The zero-order valence-corrected chi connectivity index (χ0v) is 10.8. The van der Waals surface area contributed by atoms with E-state index in [1.807, 2.05) is 0 Å². The Kier molecular flexibility index (Phi) is 5.40. The minimum Gasteiger partial charge on any atom is -0.384 e. The molecule has 4 N–H and O–H groups in total. The summed E-state index contributed by atoms with van der Waals surface area (Å²) >= 11 is 0. The van der Waals surface area contributed by atoms with Crippen LogP contribution in [0.3, 0.4) is 0 Å². The van der Waals surface area contributed by atoms with Gasteiger partial charge in [-0.3, -0.25) is 0 Å². The molecule has 17 heavy (non-hydrogen) atoms. The lowest BCUT2D eigenvalue weighted by atomic mass is 10.3. The first-order valence-electron chi connectivity index (χ1n) is 5.58. The summed E-state index contributed by atoms with van der Waals surface area (Å²) in [5, 5.41) is 3.11. The molecule has 0 aliphatic heterocycles. The van der Waals surface area contributed by atoms with Crippen molar-refractivity contribution >= 4 is 15.7 Å². The molecule has 0 aliphatic carbocycles. The van der Waals surface area contributed by atoms with Crippen LogP contribution in [-0.2, 0) is 10.0 Å². The van der Waals surface area contributed by atoms with E-state index in [4.69, 9.17) is 5.73 Å². The number of para-hydroxylation sites is 1. The maximum atomic E-state index is 11.7. The van der Waals surface area contributed by atoms with Crippen molar-refractivity contribution in [3.8, 4) is 0 Å². The van der Waals surface area contributed by atoms with E-state index in [-0.39, 0.29) is 4.90 Å². The van der Waals surface area contributed by atoms with E-state index in [1.165, 1.54) is 7.05 Å². The smallest absolute Gasteiger partial charge is 0.242 e. The third-order valence-electron chi connectivity index (χ3n) is 2.39. The minimum atomic E-state index is -3.41. The Balaban J connectivity index is 2.79. The fraction of sp³-hybridized carbons (Fsp3) is 0.455. The first-order chi connectivity index (χ1) is 8.11. The van der Waals surface area contributed by atoms with E-state index in [1.54, 1.807) is 24.3 Å². The summed E-state index contributed by atoms with van der Waals surface area (Å²) in [6.07, 6.45) is 1.85. The Morgan fingerprint density at radius 3 is 2.59 bits per heavy atom. The summed E-state index contributed by atoms with van der Waals surface area (Å²) in [5.74, 6) is 0. The third-order valence-corrected chi connectivity index (χ3v) is 3.86. The van der Waals surface area contributed by atoms with Gasteiger partial charge in [0, 0.05) is 6.54 Å². The number of unbranched alkanes of at least 4 members (excludes halogenated alkanes) is 1. The highest BCUT2D eigenvalue weighted by Gasteiger charge is 2.15. The Morgan fingerprint density at radius 1 is 1.24 bits per heavy atom. The topological polar surface area (TPSA) is 84.2 Å². The second kappa shape index (κ2) is 6.58. The van der Waals surface area contributed by atoms with E-state index < -0.39 is 10.0 Å². The molecule has 0 bridgehead atoms. The molecular weight excluding hydrogens is 238 g/mol. The molecule has 1 aromatic carbocycles. The summed E-state index contributed by atoms with van der Waals surface area (Å²) in [4.78, 5) is 0.273. The lowest BCUT2D eigenvalue weighted by Crippen LogP contribution is -2.20. The van der Waals surface area contributed by atoms with E-state index in [0.29, 0.717) is 18.8 Å². The lowest BCUT2D eigenvalue weighted by molar-refractivity contribution is 0.588. The molecule has 0 saturated heterocycles. The van der Waals surface area contributed by atoms with Crippen LogP contribution < -0.4 is 15.8 Å². The average Bonchev–Trinajstić information content (AvgIpc) is 2.35. The first kappa shape index (κ1) is 14.0. The fourth-order valence-corrected chi connectivity index (χ4v) is 2.36.